The van der Waals surface area contributed by atoms with Crippen LogP contribution in [0.2, 0.25) is 0 Å². The molecule has 2 nitrogen and oxygen atoms in total. The number of aromatic nitrogens is 1. The topological polar surface area (TPSA) is 24.9 Å². The fourth-order valence-electron chi connectivity index (χ4n) is 2.57. The Morgan fingerprint density at radius 1 is 1.33 bits per heavy atom. The minimum Gasteiger partial charge on any atom is -0.314 e. The maximum atomic E-state index is 4.51. The molecule has 0 aromatic carbocycles. The van der Waals surface area contributed by atoms with Crippen LogP contribution >= 0.6 is 0 Å². The van der Waals surface area contributed by atoms with Gasteiger partial charge in [0.15, 0.2) is 0 Å². The summed E-state index contributed by atoms with van der Waals surface area (Å²) in [4.78, 5) is 4.51. The first-order chi connectivity index (χ1) is 8.55. The van der Waals surface area contributed by atoms with Gasteiger partial charge in [0.1, 0.15) is 0 Å². The van der Waals surface area contributed by atoms with Crippen LogP contribution in [0.25, 0.3) is 0 Å². The van der Waals surface area contributed by atoms with Crippen LogP contribution in [0.4, 0.5) is 0 Å². The van der Waals surface area contributed by atoms with Crippen molar-refractivity contribution < 1.29 is 0 Å². The molecular weight excluding hydrogens is 220 g/mol. The summed E-state index contributed by atoms with van der Waals surface area (Å²) in [6, 6.07) is 5.13. The lowest BCUT2D eigenvalue weighted by atomic mass is 9.87. The molecule has 18 heavy (non-hydrogen) atoms. The summed E-state index contributed by atoms with van der Waals surface area (Å²) in [5, 5.41) is 3.61. The number of pyridine rings is 1. The van der Waals surface area contributed by atoms with Crippen LogP contribution in [0.5, 0.6) is 0 Å². The predicted octanol–water partition coefficient (Wildman–Crippen LogP) is 3.45. The molecule has 0 radical (unpaired) electrons. The normalized spacial score (nSPS) is 20.9. The maximum Gasteiger partial charge on any atom is 0.0407 e. The molecule has 2 heterocycles. The maximum absolute atomic E-state index is 4.51. The number of aryl methyl sites for hydroxylation is 1. The Labute approximate surface area is 111 Å². The van der Waals surface area contributed by atoms with Crippen LogP contribution < -0.4 is 5.32 Å². The van der Waals surface area contributed by atoms with Gasteiger partial charge in [0, 0.05) is 17.9 Å². The number of hydrogen-bond donors (Lipinski definition) is 1. The second-order valence-corrected chi connectivity index (χ2v) is 6.47. The van der Waals surface area contributed by atoms with Crippen LogP contribution in [0.3, 0.4) is 0 Å². The molecular formula is C16H26N2. The van der Waals surface area contributed by atoms with Crippen molar-refractivity contribution in [1.29, 1.82) is 0 Å². The Balaban J connectivity index is 1.92. The molecule has 1 saturated heterocycles. The Bertz CT molecular complexity index is 373. The number of nitrogens with one attached hydrogen (secondary N) is 1. The predicted molar refractivity (Wildman–Crippen MR) is 76.9 cm³/mol. The molecule has 0 amide bonds. The quantitative estimate of drug-likeness (QED) is 0.883. The van der Waals surface area contributed by atoms with Crippen molar-refractivity contribution in [3.8, 4) is 0 Å². The van der Waals surface area contributed by atoms with E-state index < -0.39 is 0 Å². The van der Waals surface area contributed by atoms with Crippen molar-refractivity contribution in [2.45, 2.75) is 64.3 Å². The van der Waals surface area contributed by atoms with Crippen LogP contribution in [-0.2, 0) is 11.8 Å². The number of hydrogen-bond acceptors (Lipinski definition) is 2. The van der Waals surface area contributed by atoms with Gasteiger partial charge in [-0.05, 0) is 55.3 Å². The monoisotopic (exact) mass is 246 g/mol. The first kappa shape index (κ1) is 13.5. The summed E-state index contributed by atoms with van der Waals surface area (Å²) < 4.78 is 0. The molecule has 1 atom stereocenters. The van der Waals surface area contributed by atoms with Crippen LogP contribution in [0, 0.1) is 0 Å². The summed E-state index contributed by atoms with van der Waals surface area (Å²) in [6.07, 6.45) is 8.34. The number of rotatable bonds is 3. The van der Waals surface area contributed by atoms with E-state index in [2.05, 4.69) is 43.2 Å². The molecule has 1 aliphatic rings. The van der Waals surface area contributed by atoms with E-state index in [1.807, 2.05) is 6.20 Å². The second kappa shape index (κ2) is 5.83. The highest BCUT2D eigenvalue weighted by Crippen LogP contribution is 2.22. The summed E-state index contributed by atoms with van der Waals surface area (Å²) in [7, 11) is 0. The first-order valence-electron chi connectivity index (χ1n) is 7.24. The molecule has 2 rings (SSSR count). The van der Waals surface area contributed by atoms with Crippen molar-refractivity contribution in [3.05, 3.63) is 29.6 Å². The lowest BCUT2D eigenvalue weighted by Gasteiger charge is -2.23. The smallest absolute Gasteiger partial charge is 0.0407 e. The van der Waals surface area contributed by atoms with Crippen molar-refractivity contribution in [1.82, 2.24) is 10.3 Å². The van der Waals surface area contributed by atoms with Gasteiger partial charge in [-0.25, -0.2) is 0 Å². The average Bonchev–Trinajstić information content (AvgIpc) is 2.37. The highest BCUT2D eigenvalue weighted by Gasteiger charge is 2.15. The molecule has 1 unspecified atom stereocenters. The molecule has 1 aromatic rings. The van der Waals surface area contributed by atoms with Crippen molar-refractivity contribution in [2.75, 3.05) is 6.54 Å². The number of nitrogens with zero attached hydrogens (tertiary/aromatic N) is 1. The molecule has 2 heteroatoms. The van der Waals surface area contributed by atoms with Crippen molar-refractivity contribution in [3.63, 3.8) is 0 Å². The largest absolute Gasteiger partial charge is 0.314 e. The summed E-state index contributed by atoms with van der Waals surface area (Å²) in [6.45, 7) is 7.97. The van der Waals surface area contributed by atoms with E-state index >= 15 is 0 Å². The molecule has 0 aliphatic carbocycles. The van der Waals surface area contributed by atoms with Gasteiger partial charge in [-0.15, -0.1) is 0 Å². The molecule has 0 saturated carbocycles. The van der Waals surface area contributed by atoms with E-state index in [-0.39, 0.29) is 5.41 Å². The minimum atomic E-state index is 0.223. The third-order valence-electron chi connectivity index (χ3n) is 3.84. The van der Waals surface area contributed by atoms with Gasteiger partial charge >= 0.3 is 0 Å². The van der Waals surface area contributed by atoms with E-state index in [0.717, 1.165) is 6.42 Å². The van der Waals surface area contributed by atoms with Gasteiger partial charge in [-0.2, -0.15) is 0 Å². The third kappa shape index (κ3) is 3.81. The minimum absolute atomic E-state index is 0.223. The molecule has 1 fully saturated rings. The standard InChI is InChI=1S/C16H26N2/c1-16(2,3)13-9-11-18-15(12-13)8-7-14-6-4-5-10-17-14/h9,11-12,14,17H,4-8,10H2,1-3H3. The van der Waals surface area contributed by atoms with Crippen molar-refractivity contribution >= 4 is 0 Å². The molecule has 0 bridgehead atoms. The molecule has 1 aliphatic heterocycles. The average molecular weight is 246 g/mol. The molecule has 1 aromatic heterocycles. The first-order valence-corrected chi connectivity index (χ1v) is 7.24. The van der Waals surface area contributed by atoms with Crippen LogP contribution in [-0.4, -0.2) is 17.6 Å². The van der Waals surface area contributed by atoms with E-state index in [1.54, 1.807) is 0 Å². The van der Waals surface area contributed by atoms with Gasteiger partial charge in [0.05, 0.1) is 0 Å². The Hall–Kier alpha value is -0.890. The SMILES string of the molecule is CC(C)(C)c1ccnc(CCC2CCCCN2)c1. The van der Waals surface area contributed by atoms with E-state index in [9.17, 15) is 0 Å². The Morgan fingerprint density at radius 2 is 2.17 bits per heavy atom. The zero-order valence-electron chi connectivity index (χ0n) is 12.0. The molecule has 1 N–H and O–H groups in total. The Morgan fingerprint density at radius 3 is 2.83 bits per heavy atom. The molecule has 100 valence electrons. The van der Waals surface area contributed by atoms with Crippen LogP contribution in [0.15, 0.2) is 18.3 Å². The summed E-state index contributed by atoms with van der Waals surface area (Å²) >= 11 is 0. The second-order valence-electron chi connectivity index (χ2n) is 6.47. The lowest BCUT2D eigenvalue weighted by Crippen LogP contribution is -2.34. The van der Waals surface area contributed by atoms with Gasteiger partial charge < -0.3 is 5.32 Å². The highest BCUT2D eigenvalue weighted by molar-refractivity contribution is 5.23. The fourth-order valence-corrected chi connectivity index (χ4v) is 2.57. The summed E-state index contributed by atoms with van der Waals surface area (Å²) in [5.74, 6) is 0. The van der Waals surface area contributed by atoms with E-state index in [0.29, 0.717) is 6.04 Å². The van der Waals surface area contributed by atoms with E-state index in [1.165, 1.54) is 43.5 Å². The van der Waals surface area contributed by atoms with Crippen molar-refractivity contribution in [2.24, 2.45) is 0 Å². The van der Waals surface area contributed by atoms with E-state index in [4.69, 9.17) is 0 Å². The fraction of sp³-hybridized carbons (Fsp3) is 0.688. The zero-order chi connectivity index (χ0) is 13.0. The van der Waals surface area contributed by atoms with Gasteiger partial charge in [0.25, 0.3) is 0 Å². The molecule has 0 spiro atoms. The Kier molecular flexibility index (Phi) is 4.39. The zero-order valence-corrected chi connectivity index (χ0v) is 12.0. The van der Waals surface area contributed by atoms with Gasteiger partial charge in [-0.1, -0.05) is 27.2 Å². The van der Waals surface area contributed by atoms with Crippen LogP contribution in [0.1, 0.15) is 57.7 Å². The lowest BCUT2D eigenvalue weighted by molar-refractivity contribution is 0.382. The number of piperidine rings is 1. The van der Waals surface area contributed by atoms with Gasteiger partial charge in [-0.3, -0.25) is 4.98 Å². The van der Waals surface area contributed by atoms with Gasteiger partial charge in [0.2, 0.25) is 0 Å². The summed E-state index contributed by atoms with van der Waals surface area (Å²) in [5.41, 5.74) is 2.86. The highest BCUT2D eigenvalue weighted by atomic mass is 14.9. The third-order valence-corrected chi connectivity index (χ3v) is 3.84.